The number of nitrogens with one attached hydrogen (secondary N) is 1. The van der Waals surface area contributed by atoms with Crippen LogP contribution in [0.2, 0.25) is 0 Å². The SMILES string of the molecule is Cc1cccc(-c2noc(CN(Cc3nc4ccccc4c(=O)[nH]3)C(C)C)n2)c1. The Kier molecular flexibility index (Phi) is 5.22. The fraction of sp³-hybridized carbons (Fsp3) is 0.273. The normalized spacial score (nSPS) is 11.6. The van der Waals surface area contributed by atoms with Gasteiger partial charge in [-0.3, -0.25) is 9.69 Å². The third-order valence-corrected chi connectivity index (χ3v) is 4.83. The van der Waals surface area contributed by atoms with Gasteiger partial charge in [-0.15, -0.1) is 0 Å². The number of rotatable bonds is 6. The molecule has 148 valence electrons. The highest BCUT2D eigenvalue weighted by molar-refractivity contribution is 5.77. The number of H-pyrrole nitrogens is 1. The largest absolute Gasteiger partial charge is 0.338 e. The Balaban J connectivity index is 1.56. The van der Waals surface area contributed by atoms with Gasteiger partial charge in [-0.05, 0) is 39.0 Å². The molecule has 1 N–H and O–H groups in total. The lowest BCUT2D eigenvalue weighted by Gasteiger charge is -2.24. The summed E-state index contributed by atoms with van der Waals surface area (Å²) in [6.45, 7) is 7.13. The summed E-state index contributed by atoms with van der Waals surface area (Å²) in [6.07, 6.45) is 0. The van der Waals surface area contributed by atoms with Crippen molar-refractivity contribution >= 4 is 10.9 Å². The third kappa shape index (κ3) is 4.25. The van der Waals surface area contributed by atoms with Crippen LogP contribution in [0.15, 0.2) is 57.8 Å². The van der Waals surface area contributed by atoms with E-state index in [0.29, 0.717) is 41.5 Å². The van der Waals surface area contributed by atoms with Crippen LogP contribution < -0.4 is 5.56 Å². The summed E-state index contributed by atoms with van der Waals surface area (Å²) in [7, 11) is 0. The number of nitrogens with zero attached hydrogens (tertiary/aromatic N) is 4. The van der Waals surface area contributed by atoms with E-state index in [9.17, 15) is 4.79 Å². The number of para-hydroxylation sites is 1. The van der Waals surface area contributed by atoms with Gasteiger partial charge in [-0.25, -0.2) is 4.98 Å². The van der Waals surface area contributed by atoms with Crippen molar-refractivity contribution in [1.29, 1.82) is 0 Å². The minimum atomic E-state index is -0.131. The van der Waals surface area contributed by atoms with E-state index < -0.39 is 0 Å². The first-order valence-electron chi connectivity index (χ1n) is 9.61. The Morgan fingerprint density at radius 2 is 1.90 bits per heavy atom. The van der Waals surface area contributed by atoms with Crippen LogP contribution in [-0.2, 0) is 13.1 Å². The lowest BCUT2D eigenvalue weighted by molar-refractivity contribution is 0.172. The van der Waals surface area contributed by atoms with Gasteiger partial charge in [0.15, 0.2) is 0 Å². The number of aromatic nitrogens is 4. The molecule has 0 aliphatic carbocycles. The quantitative estimate of drug-likeness (QED) is 0.541. The van der Waals surface area contributed by atoms with Gasteiger partial charge in [0, 0.05) is 11.6 Å². The standard InChI is InChI=1S/C22H23N5O2/c1-14(2)27(12-19-23-18-10-5-4-9-17(18)22(28)24-19)13-20-25-21(26-29-20)16-8-6-7-15(3)11-16/h4-11,14H,12-13H2,1-3H3,(H,23,24,28). The third-order valence-electron chi connectivity index (χ3n) is 4.83. The Morgan fingerprint density at radius 1 is 1.07 bits per heavy atom. The van der Waals surface area contributed by atoms with Crippen LogP contribution in [0, 0.1) is 6.92 Å². The molecule has 0 unspecified atom stereocenters. The van der Waals surface area contributed by atoms with Crippen LogP contribution in [0.4, 0.5) is 0 Å². The van der Waals surface area contributed by atoms with Gasteiger partial charge >= 0.3 is 0 Å². The first-order valence-corrected chi connectivity index (χ1v) is 9.61. The zero-order valence-electron chi connectivity index (χ0n) is 16.7. The van der Waals surface area contributed by atoms with E-state index in [1.165, 1.54) is 0 Å². The highest BCUT2D eigenvalue weighted by atomic mass is 16.5. The van der Waals surface area contributed by atoms with E-state index in [1.807, 2.05) is 49.4 Å². The van der Waals surface area contributed by atoms with Crippen LogP contribution in [0.3, 0.4) is 0 Å². The molecule has 0 aliphatic heterocycles. The monoisotopic (exact) mass is 389 g/mol. The zero-order chi connectivity index (χ0) is 20.4. The summed E-state index contributed by atoms with van der Waals surface area (Å²) in [5.74, 6) is 1.71. The topological polar surface area (TPSA) is 87.9 Å². The molecule has 7 nitrogen and oxygen atoms in total. The van der Waals surface area contributed by atoms with Gasteiger partial charge < -0.3 is 9.51 Å². The van der Waals surface area contributed by atoms with Crippen molar-refractivity contribution in [3.05, 3.63) is 76.2 Å². The van der Waals surface area contributed by atoms with Crippen molar-refractivity contribution in [2.45, 2.75) is 39.9 Å². The van der Waals surface area contributed by atoms with Gasteiger partial charge in [0.05, 0.1) is 24.0 Å². The minimum Gasteiger partial charge on any atom is -0.338 e. The smallest absolute Gasteiger partial charge is 0.258 e. The predicted octanol–water partition coefficient (Wildman–Crippen LogP) is 3.69. The maximum atomic E-state index is 12.3. The molecule has 4 aromatic rings. The van der Waals surface area contributed by atoms with E-state index in [4.69, 9.17) is 4.52 Å². The summed E-state index contributed by atoms with van der Waals surface area (Å²) in [4.78, 5) is 26.5. The minimum absolute atomic E-state index is 0.131. The molecule has 2 heterocycles. The lowest BCUT2D eigenvalue weighted by Crippen LogP contribution is -2.31. The average Bonchev–Trinajstić information content (AvgIpc) is 3.16. The van der Waals surface area contributed by atoms with Gasteiger partial charge in [-0.2, -0.15) is 4.98 Å². The summed E-state index contributed by atoms with van der Waals surface area (Å²) < 4.78 is 5.48. The van der Waals surface area contributed by atoms with Gasteiger partial charge in [0.2, 0.25) is 11.7 Å². The number of fused-ring (bicyclic) bond motifs is 1. The van der Waals surface area contributed by atoms with Crippen molar-refractivity contribution in [2.24, 2.45) is 0 Å². The second kappa shape index (κ2) is 7.97. The highest BCUT2D eigenvalue weighted by Crippen LogP contribution is 2.18. The molecule has 0 radical (unpaired) electrons. The van der Waals surface area contributed by atoms with Gasteiger partial charge in [0.1, 0.15) is 5.82 Å². The van der Waals surface area contributed by atoms with E-state index >= 15 is 0 Å². The molecule has 2 aromatic carbocycles. The maximum Gasteiger partial charge on any atom is 0.258 e. The van der Waals surface area contributed by atoms with Crippen LogP contribution in [0.1, 0.15) is 31.1 Å². The molecule has 7 heteroatoms. The molecular formula is C22H23N5O2. The Labute approximate surface area is 168 Å². The molecule has 29 heavy (non-hydrogen) atoms. The Bertz CT molecular complexity index is 1200. The van der Waals surface area contributed by atoms with Gasteiger partial charge in [-0.1, -0.05) is 41.1 Å². The summed E-state index contributed by atoms with van der Waals surface area (Å²) in [6, 6.07) is 15.5. The molecule has 2 aromatic heterocycles. The predicted molar refractivity (Wildman–Crippen MR) is 111 cm³/mol. The van der Waals surface area contributed by atoms with Crippen molar-refractivity contribution < 1.29 is 4.52 Å². The van der Waals surface area contributed by atoms with E-state index in [1.54, 1.807) is 6.07 Å². The first kappa shape index (κ1) is 19.0. The Morgan fingerprint density at radius 3 is 2.69 bits per heavy atom. The molecular weight excluding hydrogens is 366 g/mol. The van der Waals surface area contributed by atoms with Crippen LogP contribution in [0.25, 0.3) is 22.3 Å². The molecule has 4 rings (SSSR count). The van der Waals surface area contributed by atoms with Crippen molar-refractivity contribution in [3.8, 4) is 11.4 Å². The summed E-state index contributed by atoms with van der Waals surface area (Å²) in [5.41, 5.74) is 2.63. The lowest BCUT2D eigenvalue weighted by atomic mass is 10.1. The molecule has 0 bridgehead atoms. The number of aromatic amines is 1. The summed E-state index contributed by atoms with van der Waals surface area (Å²) in [5, 5.41) is 4.71. The molecule has 0 saturated heterocycles. The van der Waals surface area contributed by atoms with Crippen LogP contribution in [0.5, 0.6) is 0 Å². The molecule has 0 amide bonds. The number of aryl methyl sites for hydroxylation is 1. The highest BCUT2D eigenvalue weighted by Gasteiger charge is 2.17. The average molecular weight is 389 g/mol. The van der Waals surface area contributed by atoms with E-state index in [0.717, 1.165) is 11.1 Å². The molecule has 0 aliphatic rings. The van der Waals surface area contributed by atoms with Crippen molar-refractivity contribution in [2.75, 3.05) is 0 Å². The fourth-order valence-corrected chi connectivity index (χ4v) is 3.22. The maximum absolute atomic E-state index is 12.3. The number of benzene rings is 2. The molecule has 0 saturated carbocycles. The summed E-state index contributed by atoms with van der Waals surface area (Å²) >= 11 is 0. The second-order valence-electron chi connectivity index (χ2n) is 7.41. The molecule has 0 spiro atoms. The van der Waals surface area contributed by atoms with E-state index in [2.05, 4.69) is 38.9 Å². The van der Waals surface area contributed by atoms with E-state index in [-0.39, 0.29) is 11.6 Å². The number of hydrogen-bond donors (Lipinski definition) is 1. The van der Waals surface area contributed by atoms with Crippen LogP contribution >= 0.6 is 0 Å². The van der Waals surface area contributed by atoms with Crippen molar-refractivity contribution in [1.82, 2.24) is 25.0 Å². The van der Waals surface area contributed by atoms with Crippen LogP contribution in [-0.4, -0.2) is 31.1 Å². The Hall–Kier alpha value is -3.32. The number of hydrogen-bond acceptors (Lipinski definition) is 6. The fourth-order valence-electron chi connectivity index (χ4n) is 3.22. The first-order chi connectivity index (χ1) is 14.0. The van der Waals surface area contributed by atoms with Gasteiger partial charge in [0.25, 0.3) is 5.56 Å². The van der Waals surface area contributed by atoms with Crippen molar-refractivity contribution in [3.63, 3.8) is 0 Å². The zero-order valence-corrected chi connectivity index (χ0v) is 16.7. The molecule has 0 atom stereocenters. The molecule has 0 fully saturated rings. The second-order valence-corrected chi connectivity index (χ2v) is 7.41.